The Morgan fingerprint density at radius 1 is 0.944 bits per heavy atom. The number of halogens is 2. The van der Waals surface area contributed by atoms with Crippen LogP contribution in [0.5, 0.6) is 0 Å². The summed E-state index contributed by atoms with van der Waals surface area (Å²) in [4.78, 5) is 12.9. The van der Waals surface area contributed by atoms with Gasteiger partial charge in [0.25, 0.3) is 5.91 Å². The Balaban J connectivity index is 1.36. The van der Waals surface area contributed by atoms with Gasteiger partial charge in [0.2, 0.25) is 10.0 Å². The lowest BCUT2D eigenvalue weighted by Crippen LogP contribution is -2.35. The van der Waals surface area contributed by atoms with Crippen molar-refractivity contribution in [1.82, 2.24) is 14.1 Å². The summed E-state index contributed by atoms with van der Waals surface area (Å²) >= 11 is 12.5. The lowest BCUT2D eigenvalue weighted by molar-refractivity contribution is 0.102. The van der Waals surface area contributed by atoms with Crippen LogP contribution >= 0.6 is 23.2 Å². The number of rotatable bonds is 6. The summed E-state index contributed by atoms with van der Waals surface area (Å²) in [6.07, 6.45) is 4.34. The van der Waals surface area contributed by atoms with Gasteiger partial charge in [-0.2, -0.15) is 9.40 Å². The van der Waals surface area contributed by atoms with Gasteiger partial charge in [0, 0.05) is 25.4 Å². The molecule has 1 saturated heterocycles. The average molecular weight is 543 g/mol. The second kappa shape index (κ2) is 10.2. The van der Waals surface area contributed by atoms with Gasteiger partial charge < -0.3 is 5.32 Å². The zero-order chi connectivity index (χ0) is 25.3. The van der Waals surface area contributed by atoms with E-state index in [1.54, 1.807) is 16.9 Å². The van der Waals surface area contributed by atoms with Gasteiger partial charge in [0.05, 0.1) is 22.2 Å². The Hall–Kier alpha value is -2.91. The van der Waals surface area contributed by atoms with Crippen LogP contribution in [0.15, 0.2) is 71.8 Å². The molecule has 0 spiro atoms. The zero-order valence-electron chi connectivity index (χ0n) is 19.3. The monoisotopic (exact) mass is 542 g/mol. The lowest BCUT2D eigenvalue weighted by atomic mass is 10.0. The first-order chi connectivity index (χ1) is 17.3. The molecular formula is C26H24Cl2N4O3S. The molecule has 1 fully saturated rings. The first kappa shape index (κ1) is 24.8. The quantitative estimate of drug-likeness (QED) is 0.332. The predicted octanol–water partition coefficient (Wildman–Crippen LogP) is 5.82. The Morgan fingerprint density at radius 2 is 1.69 bits per heavy atom. The average Bonchev–Trinajstić information content (AvgIpc) is 3.31. The Kier molecular flexibility index (Phi) is 7.03. The fraction of sp³-hybridized carbons (Fsp3) is 0.231. The summed E-state index contributed by atoms with van der Waals surface area (Å²) in [7, 11) is -3.84. The van der Waals surface area contributed by atoms with E-state index in [0.29, 0.717) is 25.5 Å². The molecule has 0 saturated carbocycles. The third-order valence-corrected chi connectivity index (χ3v) is 8.97. The minimum absolute atomic E-state index is 0.0125. The standard InChI is InChI=1S/C26H24Cl2N4O3S/c27-22-16-23(28)24(36(34,35)32-12-4-1-5-13-32)15-21(22)26(33)29-25-11-14-31(30-25)17-19-9-6-8-18-7-2-3-10-20(18)19/h2-3,6-11,14-16H,1,4-5,12-13,17H2,(H,29,30,33). The van der Waals surface area contributed by atoms with Crippen LogP contribution < -0.4 is 5.32 Å². The molecule has 36 heavy (non-hydrogen) atoms. The summed E-state index contributed by atoms with van der Waals surface area (Å²) in [6.45, 7) is 1.38. The second-order valence-corrected chi connectivity index (χ2v) is 11.4. The Morgan fingerprint density at radius 3 is 2.50 bits per heavy atom. The van der Waals surface area contributed by atoms with Crippen molar-refractivity contribution in [3.8, 4) is 0 Å². The van der Waals surface area contributed by atoms with Crippen molar-refractivity contribution in [2.45, 2.75) is 30.7 Å². The van der Waals surface area contributed by atoms with Gasteiger partial charge in [-0.05, 0) is 41.3 Å². The summed E-state index contributed by atoms with van der Waals surface area (Å²) in [5, 5.41) is 9.50. The van der Waals surface area contributed by atoms with Gasteiger partial charge in [-0.3, -0.25) is 9.48 Å². The molecule has 0 bridgehead atoms. The number of sulfonamides is 1. The molecule has 0 atom stereocenters. The molecule has 5 rings (SSSR count). The molecule has 4 aromatic rings. The highest BCUT2D eigenvalue weighted by Crippen LogP contribution is 2.32. The summed E-state index contributed by atoms with van der Waals surface area (Å²) in [6, 6.07) is 18.4. The van der Waals surface area contributed by atoms with Crippen molar-refractivity contribution >= 4 is 55.7 Å². The topological polar surface area (TPSA) is 84.3 Å². The largest absolute Gasteiger partial charge is 0.305 e. The van der Waals surface area contributed by atoms with Crippen molar-refractivity contribution in [3.05, 3.63) is 88.0 Å². The molecular weight excluding hydrogens is 519 g/mol. The van der Waals surface area contributed by atoms with Crippen LogP contribution in [0.25, 0.3) is 10.8 Å². The number of amides is 1. The van der Waals surface area contributed by atoms with Gasteiger partial charge in [0.1, 0.15) is 4.90 Å². The van der Waals surface area contributed by atoms with Crippen LogP contribution in [0.4, 0.5) is 5.82 Å². The first-order valence-electron chi connectivity index (χ1n) is 11.6. The molecule has 1 aliphatic heterocycles. The van der Waals surface area contributed by atoms with Gasteiger partial charge in [-0.25, -0.2) is 8.42 Å². The first-order valence-corrected chi connectivity index (χ1v) is 13.8. The van der Waals surface area contributed by atoms with Crippen LogP contribution in [-0.2, 0) is 16.6 Å². The predicted molar refractivity (Wildman–Crippen MR) is 142 cm³/mol. The van der Waals surface area contributed by atoms with E-state index in [1.165, 1.54) is 16.4 Å². The molecule has 0 aliphatic carbocycles. The number of aromatic nitrogens is 2. The number of carbonyl (C=O) groups is 1. The van der Waals surface area contributed by atoms with Crippen LogP contribution in [0.3, 0.4) is 0 Å². The molecule has 7 nitrogen and oxygen atoms in total. The molecule has 0 unspecified atom stereocenters. The van der Waals surface area contributed by atoms with Crippen LogP contribution in [-0.4, -0.2) is 41.5 Å². The normalized spacial score (nSPS) is 14.7. The molecule has 1 N–H and O–H groups in total. The Labute approximate surface area is 219 Å². The van der Waals surface area contributed by atoms with Crippen LogP contribution in [0.1, 0.15) is 35.2 Å². The van der Waals surface area contributed by atoms with Gasteiger partial charge in [-0.15, -0.1) is 0 Å². The fourth-order valence-electron chi connectivity index (χ4n) is 4.45. The maximum absolute atomic E-state index is 13.2. The van der Waals surface area contributed by atoms with Crippen molar-refractivity contribution in [2.24, 2.45) is 0 Å². The lowest BCUT2D eigenvalue weighted by Gasteiger charge is -2.26. The molecule has 10 heteroatoms. The van der Waals surface area contributed by atoms with Crippen molar-refractivity contribution in [1.29, 1.82) is 0 Å². The minimum Gasteiger partial charge on any atom is -0.305 e. The number of nitrogens with zero attached hydrogens (tertiary/aromatic N) is 3. The number of piperidine rings is 1. The summed E-state index contributed by atoms with van der Waals surface area (Å²) in [5.41, 5.74) is 1.11. The number of carbonyl (C=O) groups excluding carboxylic acids is 1. The molecule has 1 aromatic heterocycles. The summed E-state index contributed by atoms with van der Waals surface area (Å²) < 4.78 is 29.5. The van der Waals surface area contributed by atoms with E-state index in [9.17, 15) is 13.2 Å². The highest BCUT2D eigenvalue weighted by molar-refractivity contribution is 7.89. The van der Waals surface area contributed by atoms with E-state index in [-0.39, 0.29) is 20.5 Å². The molecule has 1 aliphatic rings. The van der Waals surface area contributed by atoms with E-state index < -0.39 is 15.9 Å². The molecule has 2 heterocycles. The third-order valence-electron chi connectivity index (χ3n) is 6.29. The second-order valence-electron chi connectivity index (χ2n) is 8.72. The van der Waals surface area contributed by atoms with E-state index in [0.717, 1.165) is 35.6 Å². The minimum atomic E-state index is -3.84. The molecule has 1 amide bonds. The van der Waals surface area contributed by atoms with Crippen molar-refractivity contribution < 1.29 is 13.2 Å². The van der Waals surface area contributed by atoms with Crippen molar-refractivity contribution in [2.75, 3.05) is 18.4 Å². The highest BCUT2D eigenvalue weighted by Gasteiger charge is 2.30. The van der Waals surface area contributed by atoms with E-state index >= 15 is 0 Å². The maximum Gasteiger partial charge on any atom is 0.258 e. The SMILES string of the molecule is O=C(Nc1ccn(Cc2cccc3ccccc23)n1)c1cc(S(=O)(=O)N2CCCCC2)c(Cl)cc1Cl. The number of hydrogen-bond donors (Lipinski definition) is 1. The smallest absolute Gasteiger partial charge is 0.258 e. The van der Waals surface area contributed by atoms with Crippen molar-refractivity contribution in [3.63, 3.8) is 0 Å². The summed E-state index contributed by atoms with van der Waals surface area (Å²) in [5.74, 6) is -0.242. The molecule has 186 valence electrons. The maximum atomic E-state index is 13.2. The van der Waals surface area contributed by atoms with Crippen LogP contribution in [0.2, 0.25) is 10.0 Å². The van der Waals surface area contributed by atoms with Gasteiger partial charge in [-0.1, -0.05) is 72.1 Å². The van der Waals surface area contributed by atoms with E-state index in [1.807, 2.05) is 24.3 Å². The van der Waals surface area contributed by atoms with Gasteiger partial charge >= 0.3 is 0 Å². The molecule has 0 radical (unpaired) electrons. The highest BCUT2D eigenvalue weighted by atomic mass is 35.5. The van der Waals surface area contributed by atoms with E-state index in [2.05, 4.69) is 28.6 Å². The third kappa shape index (κ3) is 4.99. The number of anilines is 1. The zero-order valence-corrected chi connectivity index (χ0v) is 21.7. The number of nitrogens with one attached hydrogen (secondary N) is 1. The molecule has 3 aromatic carbocycles. The van der Waals surface area contributed by atoms with E-state index in [4.69, 9.17) is 23.2 Å². The van der Waals surface area contributed by atoms with Crippen LogP contribution in [0, 0.1) is 0 Å². The number of fused-ring (bicyclic) bond motifs is 1. The Bertz CT molecular complexity index is 1540. The number of benzene rings is 3. The number of hydrogen-bond acceptors (Lipinski definition) is 4. The fourth-order valence-corrected chi connectivity index (χ4v) is 6.80. The van der Waals surface area contributed by atoms with Gasteiger partial charge in [0.15, 0.2) is 5.82 Å².